The van der Waals surface area contributed by atoms with E-state index in [1.807, 2.05) is 0 Å². The van der Waals surface area contributed by atoms with Gasteiger partial charge in [-0.3, -0.25) is 4.79 Å². The van der Waals surface area contributed by atoms with Gasteiger partial charge < -0.3 is 5.32 Å². The van der Waals surface area contributed by atoms with Crippen molar-refractivity contribution in [1.29, 1.82) is 0 Å². The minimum absolute atomic E-state index is 0.0532. The molecule has 110 valence electrons. The molecule has 1 amide bonds. The maximum Gasteiger partial charge on any atom is 0.255 e. The third kappa shape index (κ3) is 3.92. The Hall–Kier alpha value is -1.66. The molecule has 4 nitrogen and oxygen atoms in total. The molecule has 0 aromatic heterocycles. The zero-order valence-electron chi connectivity index (χ0n) is 11.3. The average Bonchev–Trinajstić information content (AvgIpc) is 2.48. The van der Waals surface area contributed by atoms with E-state index in [0.717, 1.165) is 4.47 Å². The molecule has 0 saturated heterocycles. The summed E-state index contributed by atoms with van der Waals surface area (Å²) < 4.78 is 24.3. The lowest BCUT2D eigenvalue weighted by Gasteiger charge is -2.07. The third-order valence-electron chi connectivity index (χ3n) is 2.96. The molecule has 6 heteroatoms. The van der Waals surface area contributed by atoms with Gasteiger partial charge in [0.15, 0.2) is 9.84 Å². The topological polar surface area (TPSA) is 63.2 Å². The fourth-order valence-electron chi connectivity index (χ4n) is 1.72. The molecule has 0 saturated carbocycles. The fraction of sp³-hybridized carbons (Fsp3) is 0.133. The van der Waals surface area contributed by atoms with Crippen LogP contribution in [0.2, 0.25) is 0 Å². The molecule has 2 rings (SSSR count). The van der Waals surface area contributed by atoms with Gasteiger partial charge in [0.1, 0.15) is 0 Å². The van der Waals surface area contributed by atoms with E-state index in [9.17, 15) is 13.2 Å². The van der Waals surface area contributed by atoms with Gasteiger partial charge in [0.2, 0.25) is 0 Å². The van der Waals surface area contributed by atoms with E-state index >= 15 is 0 Å². The van der Waals surface area contributed by atoms with Gasteiger partial charge in [-0.1, -0.05) is 22.9 Å². The molecule has 0 heterocycles. The number of benzene rings is 2. The van der Waals surface area contributed by atoms with Crippen molar-refractivity contribution in [1.82, 2.24) is 0 Å². The van der Waals surface area contributed by atoms with Crippen molar-refractivity contribution in [2.75, 3.05) is 11.1 Å². The first kappa shape index (κ1) is 15.7. The van der Waals surface area contributed by atoms with Crippen molar-refractivity contribution in [3.05, 3.63) is 58.6 Å². The number of nitrogens with one attached hydrogen (secondary N) is 1. The molecule has 2 aromatic carbocycles. The van der Waals surface area contributed by atoms with Gasteiger partial charge in [0.25, 0.3) is 5.91 Å². The van der Waals surface area contributed by atoms with E-state index in [2.05, 4.69) is 21.2 Å². The second kappa shape index (κ2) is 6.41. The van der Waals surface area contributed by atoms with E-state index in [1.165, 1.54) is 12.1 Å². The van der Waals surface area contributed by atoms with E-state index in [-0.39, 0.29) is 16.6 Å². The molecule has 1 N–H and O–H groups in total. The molecule has 21 heavy (non-hydrogen) atoms. The van der Waals surface area contributed by atoms with Gasteiger partial charge in [0, 0.05) is 15.7 Å². The highest BCUT2D eigenvalue weighted by Gasteiger charge is 2.11. The Morgan fingerprint density at radius 1 is 1.05 bits per heavy atom. The Kier molecular flexibility index (Phi) is 4.80. The normalized spacial score (nSPS) is 11.1. The maximum atomic E-state index is 12.0. The highest BCUT2D eigenvalue weighted by molar-refractivity contribution is 9.10. The number of sulfone groups is 1. The molecular weight excluding hydrogens is 354 g/mol. The van der Waals surface area contributed by atoms with Crippen LogP contribution in [0.25, 0.3) is 0 Å². The summed E-state index contributed by atoms with van der Waals surface area (Å²) in [6, 6.07) is 13.1. The summed E-state index contributed by atoms with van der Waals surface area (Å²) in [6.07, 6.45) is 0. The van der Waals surface area contributed by atoms with Crippen LogP contribution < -0.4 is 5.32 Å². The molecule has 0 unspecified atom stereocenters. The monoisotopic (exact) mass is 367 g/mol. The van der Waals surface area contributed by atoms with Crippen molar-refractivity contribution in [2.24, 2.45) is 0 Å². The van der Waals surface area contributed by atoms with Gasteiger partial charge in [-0.25, -0.2) is 8.42 Å². The first-order chi connectivity index (χ1) is 9.92. The molecule has 0 fully saturated rings. The van der Waals surface area contributed by atoms with Crippen molar-refractivity contribution in [3.63, 3.8) is 0 Å². The number of anilines is 1. The molecule has 0 aliphatic heterocycles. The number of carbonyl (C=O) groups excluding carboxylic acids is 1. The van der Waals surface area contributed by atoms with Crippen molar-refractivity contribution < 1.29 is 13.2 Å². The summed E-state index contributed by atoms with van der Waals surface area (Å²) in [5.74, 6) is -0.189. The summed E-state index contributed by atoms with van der Waals surface area (Å²) in [5.41, 5.74) is 1.08. The average molecular weight is 368 g/mol. The summed E-state index contributed by atoms with van der Waals surface area (Å²) >= 11 is 3.31. The van der Waals surface area contributed by atoms with Crippen LogP contribution in [0, 0.1) is 0 Å². The van der Waals surface area contributed by atoms with Crippen LogP contribution in [0.4, 0.5) is 5.69 Å². The summed E-state index contributed by atoms with van der Waals surface area (Å²) in [6.45, 7) is 1.60. The molecule has 0 atom stereocenters. The molecule has 0 aliphatic carbocycles. The molecule has 2 aromatic rings. The quantitative estimate of drug-likeness (QED) is 0.899. The van der Waals surface area contributed by atoms with Crippen LogP contribution in [0.5, 0.6) is 0 Å². The predicted octanol–water partition coefficient (Wildman–Crippen LogP) is 3.50. The summed E-state index contributed by atoms with van der Waals surface area (Å²) in [4.78, 5) is 12.3. The summed E-state index contributed by atoms with van der Waals surface area (Å²) in [7, 11) is -3.22. The Morgan fingerprint density at radius 2 is 1.62 bits per heavy atom. The standard InChI is InChI=1S/C15H14BrNO3S/c1-2-21(19,20)14-9-7-13(8-10-14)17-15(18)11-3-5-12(16)6-4-11/h3-10H,2H2,1H3,(H,17,18). The zero-order valence-corrected chi connectivity index (χ0v) is 13.7. The Labute approximate surface area is 132 Å². The number of hydrogen-bond acceptors (Lipinski definition) is 3. The smallest absolute Gasteiger partial charge is 0.255 e. The van der Waals surface area contributed by atoms with Gasteiger partial charge in [-0.2, -0.15) is 0 Å². The lowest BCUT2D eigenvalue weighted by atomic mass is 10.2. The Balaban J connectivity index is 2.13. The number of halogens is 1. The lowest BCUT2D eigenvalue weighted by molar-refractivity contribution is 0.102. The van der Waals surface area contributed by atoms with E-state index in [1.54, 1.807) is 43.3 Å². The van der Waals surface area contributed by atoms with E-state index < -0.39 is 9.84 Å². The van der Waals surface area contributed by atoms with Crippen LogP contribution in [0.15, 0.2) is 57.9 Å². The van der Waals surface area contributed by atoms with Crippen LogP contribution in [0.1, 0.15) is 17.3 Å². The Morgan fingerprint density at radius 3 is 2.14 bits per heavy atom. The van der Waals surface area contributed by atoms with Crippen LogP contribution in [-0.2, 0) is 9.84 Å². The number of hydrogen-bond donors (Lipinski definition) is 1. The first-order valence-electron chi connectivity index (χ1n) is 6.32. The molecule has 0 aliphatic rings. The largest absolute Gasteiger partial charge is 0.322 e. The SMILES string of the molecule is CCS(=O)(=O)c1ccc(NC(=O)c2ccc(Br)cc2)cc1. The predicted molar refractivity (Wildman–Crippen MR) is 86.3 cm³/mol. The van der Waals surface area contributed by atoms with E-state index in [0.29, 0.717) is 11.3 Å². The zero-order chi connectivity index (χ0) is 15.5. The number of amides is 1. The lowest BCUT2D eigenvalue weighted by Crippen LogP contribution is -2.12. The van der Waals surface area contributed by atoms with Gasteiger partial charge in [-0.05, 0) is 48.5 Å². The van der Waals surface area contributed by atoms with E-state index in [4.69, 9.17) is 0 Å². The second-order valence-electron chi connectivity index (χ2n) is 4.39. The van der Waals surface area contributed by atoms with Crippen LogP contribution >= 0.6 is 15.9 Å². The van der Waals surface area contributed by atoms with Gasteiger partial charge in [-0.15, -0.1) is 0 Å². The fourth-order valence-corrected chi connectivity index (χ4v) is 2.87. The van der Waals surface area contributed by atoms with Gasteiger partial charge in [0.05, 0.1) is 10.6 Å². The molecular formula is C15H14BrNO3S. The van der Waals surface area contributed by atoms with Crippen molar-refractivity contribution >= 4 is 37.4 Å². The first-order valence-corrected chi connectivity index (χ1v) is 8.76. The van der Waals surface area contributed by atoms with Crippen LogP contribution in [-0.4, -0.2) is 20.1 Å². The van der Waals surface area contributed by atoms with Crippen molar-refractivity contribution in [2.45, 2.75) is 11.8 Å². The minimum Gasteiger partial charge on any atom is -0.322 e. The molecule has 0 radical (unpaired) electrons. The second-order valence-corrected chi connectivity index (χ2v) is 7.58. The highest BCUT2D eigenvalue weighted by atomic mass is 79.9. The highest BCUT2D eigenvalue weighted by Crippen LogP contribution is 2.17. The van der Waals surface area contributed by atoms with Crippen LogP contribution in [0.3, 0.4) is 0 Å². The van der Waals surface area contributed by atoms with Gasteiger partial charge >= 0.3 is 0 Å². The number of rotatable bonds is 4. The third-order valence-corrected chi connectivity index (χ3v) is 5.24. The number of carbonyl (C=O) groups is 1. The summed E-state index contributed by atoms with van der Waals surface area (Å²) in [5, 5.41) is 2.73. The molecule has 0 spiro atoms. The maximum absolute atomic E-state index is 12.0. The van der Waals surface area contributed by atoms with Crippen molar-refractivity contribution in [3.8, 4) is 0 Å². The molecule has 0 bridgehead atoms. The minimum atomic E-state index is -3.22. The Bertz CT molecular complexity index is 737.